The molecule has 17 heavy (non-hydrogen) atoms. The second-order valence-corrected chi connectivity index (χ2v) is 6.44. The predicted molar refractivity (Wildman–Crippen MR) is 63.1 cm³/mol. The second kappa shape index (κ2) is 5.64. The van der Waals surface area contributed by atoms with Crippen molar-refractivity contribution in [1.82, 2.24) is 0 Å². The standard InChI is InChI=1S/C11H13O5P/c1-16-11(14)8-17(15,7-10(12)13)9-5-3-2-4-6-9/h2-6H,7-8H2,1H3,(H,12,13). The summed E-state index contributed by atoms with van der Waals surface area (Å²) < 4.78 is 17.0. The van der Waals surface area contributed by atoms with Crippen molar-refractivity contribution in [2.24, 2.45) is 0 Å². The van der Waals surface area contributed by atoms with Crippen molar-refractivity contribution in [2.45, 2.75) is 0 Å². The molecule has 1 atom stereocenters. The highest BCUT2D eigenvalue weighted by Crippen LogP contribution is 2.43. The van der Waals surface area contributed by atoms with Crippen LogP contribution in [0.3, 0.4) is 0 Å². The minimum atomic E-state index is -3.27. The average Bonchev–Trinajstić information content (AvgIpc) is 2.29. The molecule has 0 heterocycles. The highest BCUT2D eigenvalue weighted by molar-refractivity contribution is 7.73. The number of aliphatic carboxylic acids is 1. The van der Waals surface area contributed by atoms with Gasteiger partial charge in [-0.05, 0) is 0 Å². The van der Waals surface area contributed by atoms with Crippen LogP contribution in [0.5, 0.6) is 0 Å². The Balaban J connectivity index is 3.06. The van der Waals surface area contributed by atoms with Crippen LogP contribution in [0.15, 0.2) is 30.3 Å². The van der Waals surface area contributed by atoms with Gasteiger partial charge in [0.2, 0.25) is 0 Å². The molecule has 0 radical (unpaired) electrons. The van der Waals surface area contributed by atoms with Crippen LogP contribution in [-0.2, 0) is 18.9 Å². The molecule has 1 rings (SSSR count). The first-order valence-corrected chi connectivity index (χ1v) is 6.98. The number of hydrogen-bond acceptors (Lipinski definition) is 4. The van der Waals surface area contributed by atoms with Gasteiger partial charge in [-0.1, -0.05) is 30.3 Å². The summed E-state index contributed by atoms with van der Waals surface area (Å²) in [6, 6.07) is 8.16. The number of benzene rings is 1. The number of carboxylic acids is 1. The zero-order valence-corrected chi connectivity index (χ0v) is 10.2. The van der Waals surface area contributed by atoms with Gasteiger partial charge in [0.25, 0.3) is 0 Å². The Kier molecular flexibility index (Phi) is 4.46. The van der Waals surface area contributed by atoms with E-state index < -0.39 is 25.2 Å². The quantitative estimate of drug-likeness (QED) is 0.626. The van der Waals surface area contributed by atoms with Crippen LogP contribution in [0.25, 0.3) is 0 Å². The Morgan fingerprint density at radius 3 is 2.29 bits per heavy atom. The van der Waals surface area contributed by atoms with E-state index in [2.05, 4.69) is 4.74 Å². The number of carboxylic acid groups (broad SMARTS) is 1. The van der Waals surface area contributed by atoms with E-state index in [9.17, 15) is 14.2 Å². The van der Waals surface area contributed by atoms with Crippen molar-refractivity contribution in [3.8, 4) is 0 Å². The number of carbonyl (C=O) groups is 2. The van der Waals surface area contributed by atoms with Crippen LogP contribution >= 0.6 is 7.14 Å². The van der Waals surface area contributed by atoms with E-state index in [-0.39, 0.29) is 6.16 Å². The van der Waals surface area contributed by atoms with Gasteiger partial charge in [-0.15, -0.1) is 0 Å². The molecule has 0 aliphatic rings. The largest absolute Gasteiger partial charge is 0.481 e. The first-order chi connectivity index (χ1) is 7.98. The zero-order valence-electron chi connectivity index (χ0n) is 9.33. The SMILES string of the molecule is COC(=O)CP(=O)(CC(=O)O)c1ccccc1. The lowest BCUT2D eigenvalue weighted by Gasteiger charge is -2.15. The van der Waals surface area contributed by atoms with Crippen molar-refractivity contribution in [3.63, 3.8) is 0 Å². The Labute approximate surface area is 98.8 Å². The van der Waals surface area contributed by atoms with Gasteiger partial charge in [0.05, 0.1) is 7.11 Å². The molecule has 5 nitrogen and oxygen atoms in total. The molecule has 0 bridgehead atoms. The molecule has 1 N–H and O–H groups in total. The Morgan fingerprint density at radius 2 is 1.82 bits per heavy atom. The van der Waals surface area contributed by atoms with E-state index in [0.29, 0.717) is 5.30 Å². The monoisotopic (exact) mass is 256 g/mol. The third-order valence-corrected chi connectivity index (χ3v) is 5.02. The van der Waals surface area contributed by atoms with Gasteiger partial charge in [0.1, 0.15) is 19.5 Å². The lowest BCUT2D eigenvalue weighted by atomic mass is 10.4. The number of esters is 1. The maximum absolute atomic E-state index is 12.5. The van der Waals surface area contributed by atoms with Crippen molar-refractivity contribution < 1.29 is 24.0 Å². The van der Waals surface area contributed by atoms with Gasteiger partial charge in [0, 0.05) is 5.30 Å². The molecular weight excluding hydrogens is 243 g/mol. The molecule has 1 unspecified atom stereocenters. The Hall–Kier alpha value is -1.61. The van der Waals surface area contributed by atoms with E-state index in [1.165, 1.54) is 7.11 Å². The van der Waals surface area contributed by atoms with E-state index in [1.54, 1.807) is 30.3 Å². The molecule has 6 heteroatoms. The van der Waals surface area contributed by atoms with Crippen molar-refractivity contribution >= 4 is 24.4 Å². The molecule has 0 fully saturated rings. The van der Waals surface area contributed by atoms with Gasteiger partial charge in [-0.2, -0.15) is 0 Å². The number of methoxy groups -OCH3 is 1. The van der Waals surface area contributed by atoms with Crippen LogP contribution in [0.4, 0.5) is 0 Å². The van der Waals surface area contributed by atoms with E-state index in [4.69, 9.17) is 5.11 Å². The van der Waals surface area contributed by atoms with Gasteiger partial charge in [-0.25, -0.2) is 0 Å². The van der Waals surface area contributed by atoms with Gasteiger partial charge >= 0.3 is 11.9 Å². The predicted octanol–water partition coefficient (Wildman–Crippen LogP) is 0.933. The lowest BCUT2D eigenvalue weighted by molar-refractivity contribution is -0.137. The molecule has 0 amide bonds. The fourth-order valence-corrected chi connectivity index (χ4v) is 3.61. The van der Waals surface area contributed by atoms with Crippen LogP contribution in [0, 0.1) is 0 Å². The number of rotatable bonds is 5. The molecule has 1 aromatic carbocycles. The molecule has 92 valence electrons. The van der Waals surface area contributed by atoms with Crippen LogP contribution in [0.2, 0.25) is 0 Å². The smallest absolute Gasteiger partial charge is 0.313 e. The minimum Gasteiger partial charge on any atom is -0.481 e. The molecular formula is C11H13O5P. The summed E-state index contributed by atoms with van der Waals surface area (Å²) in [7, 11) is -2.10. The highest BCUT2D eigenvalue weighted by atomic mass is 31.2. The van der Waals surface area contributed by atoms with Crippen molar-refractivity contribution in [2.75, 3.05) is 19.4 Å². The van der Waals surface area contributed by atoms with Gasteiger partial charge in [-0.3, -0.25) is 9.59 Å². The normalized spacial score (nSPS) is 13.7. The van der Waals surface area contributed by atoms with E-state index in [1.807, 2.05) is 0 Å². The number of hydrogen-bond donors (Lipinski definition) is 1. The lowest BCUT2D eigenvalue weighted by Crippen LogP contribution is -2.20. The maximum Gasteiger partial charge on any atom is 0.313 e. The fraction of sp³-hybridized carbons (Fsp3) is 0.273. The zero-order chi connectivity index (χ0) is 12.9. The van der Waals surface area contributed by atoms with Crippen molar-refractivity contribution in [1.29, 1.82) is 0 Å². The molecule has 0 saturated heterocycles. The van der Waals surface area contributed by atoms with Crippen LogP contribution in [0.1, 0.15) is 0 Å². The summed E-state index contributed by atoms with van der Waals surface area (Å²) in [6.45, 7) is 0. The average molecular weight is 256 g/mol. The molecule has 1 aromatic rings. The Bertz CT molecular complexity index is 454. The summed E-state index contributed by atoms with van der Waals surface area (Å²) in [6.07, 6.45) is -0.939. The van der Waals surface area contributed by atoms with Crippen LogP contribution < -0.4 is 5.30 Å². The number of carbonyl (C=O) groups excluding carboxylic acids is 1. The summed E-state index contributed by atoms with van der Waals surface area (Å²) in [5, 5.41) is 9.15. The van der Waals surface area contributed by atoms with E-state index in [0.717, 1.165) is 0 Å². The molecule has 0 spiro atoms. The molecule has 0 aliphatic heterocycles. The first kappa shape index (κ1) is 13.5. The molecule has 0 saturated carbocycles. The van der Waals surface area contributed by atoms with Crippen molar-refractivity contribution in [3.05, 3.63) is 30.3 Å². The first-order valence-electron chi connectivity index (χ1n) is 4.90. The Morgan fingerprint density at radius 1 is 1.24 bits per heavy atom. The third-order valence-electron chi connectivity index (χ3n) is 2.23. The topological polar surface area (TPSA) is 80.7 Å². The third kappa shape index (κ3) is 3.71. The molecule has 0 aromatic heterocycles. The summed E-state index contributed by atoms with van der Waals surface area (Å²) in [5.74, 6) is -1.86. The fourth-order valence-electron chi connectivity index (χ4n) is 1.43. The highest BCUT2D eigenvalue weighted by Gasteiger charge is 2.31. The summed E-state index contributed by atoms with van der Waals surface area (Å²) >= 11 is 0. The number of ether oxygens (including phenoxy) is 1. The maximum atomic E-state index is 12.5. The van der Waals surface area contributed by atoms with E-state index >= 15 is 0 Å². The van der Waals surface area contributed by atoms with Crippen LogP contribution in [-0.4, -0.2) is 36.5 Å². The molecule has 0 aliphatic carbocycles. The second-order valence-electron chi connectivity index (χ2n) is 3.51. The summed E-state index contributed by atoms with van der Waals surface area (Å²) in [5.41, 5.74) is 0. The summed E-state index contributed by atoms with van der Waals surface area (Å²) in [4.78, 5) is 21.9. The van der Waals surface area contributed by atoms with Gasteiger partial charge < -0.3 is 14.4 Å². The minimum absolute atomic E-state index is 0.382. The van der Waals surface area contributed by atoms with Gasteiger partial charge in [0.15, 0.2) is 0 Å².